The highest BCUT2D eigenvalue weighted by atomic mass is 16.5. The zero-order valence-corrected chi connectivity index (χ0v) is 57.9. The highest BCUT2D eigenvalue weighted by molar-refractivity contribution is 6.00. The van der Waals surface area contributed by atoms with Crippen molar-refractivity contribution in [2.75, 3.05) is 26.7 Å². The Morgan fingerprint density at radius 2 is 1.09 bits per heavy atom. The fourth-order valence-corrected chi connectivity index (χ4v) is 10.5. The van der Waals surface area contributed by atoms with Gasteiger partial charge in [0.2, 0.25) is 53.2 Å². The SMILES string of the molecule is CC[C@@H](C)[C@@H](NC(=O)[C@@H](CCC(=O)O)NC(=O)[C@H](CCCN=C(N)N)NC(=O)[C@@H](NC(=O)[C@@H](Cc1ccccc1)NC)[C@@H](C)CC)C(=O)N[C@H](C(=O)N[C@@H](CO)C(=O)N[C@H]1C(=O)C[C@@H](CCCN=C(N)N)C(=O)N[C@@H](CC(C)C)C(=O)N[C@@H]([C@@H](C)CC)C(=O)O[C@H]1C)[C@@H](C)CC. The summed E-state index contributed by atoms with van der Waals surface area (Å²) < 4.78 is 5.84. The van der Waals surface area contributed by atoms with Crippen LogP contribution < -0.4 is 76.1 Å². The number of nitrogens with two attached hydrogens (primary N) is 4. The molecule has 1 aliphatic heterocycles. The number of benzene rings is 1. The van der Waals surface area contributed by atoms with E-state index in [1.807, 2.05) is 51.1 Å². The van der Waals surface area contributed by atoms with Crippen molar-refractivity contribution in [2.24, 2.45) is 68.4 Å². The summed E-state index contributed by atoms with van der Waals surface area (Å²) in [6.45, 7) is 17.7. The molecule has 0 radical (unpaired) electrons. The first-order valence-corrected chi connectivity index (χ1v) is 33.4. The zero-order chi connectivity index (χ0) is 72.5. The molecule has 540 valence electrons. The van der Waals surface area contributed by atoms with E-state index in [1.54, 1.807) is 55.5 Å². The molecule has 9 amide bonds. The Labute approximate surface area is 563 Å². The number of aliphatic imine (C=N–C) groups is 2. The van der Waals surface area contributed by atoms with E-state index < -0.39 is 193 Å². The topological polar surface area (TPSA) is 504 Å². The number of likely N-dealkylation sites (N-methyl/N-ethyl adjacent to an activating group) is 1. The fourth-order valence-electron chi connectivity index (χ4n) is 10.5. The third-order valence-corrected chi connectivity index (χ3v) is 17.3. The van der Waals surface area contributed by atoms with Gasteiger partial charge in [0.25, 0.3) is 0 Å². The van der Waals surface area contributed by atoms with Crippen molar-refractivity contribution in [3.05, 3.63) is 35.9 Å². The molecule has 0 saturated carbocycles. The van der Waals surface area contributed by atoms with Gasteiger partial charge in [-0.3, -0.25) is 62.7 Å². The number of carboxylic acid groups (broad SMARTS) is 1. The number of Topliss-reactive ketones (excluding diaryl/α,β-unsaturated/α-hetero) is 1. The third kappa shape index (κ3) is 28.5. The highest BCUT2D eigenvalue weighted by Crippen LogP contribution is 2.22. The highest BCUT2D eigenvalue weighted by Gasteiger charge is 2.42. The molecular weight excluding hydrogens is 1240 g/mol. The van der Waals surface area contributed by atoms with E-state index in [1.165, 1.54) is 6.92 Å². The van der Waals surface area contributed by atoms with Crippen LogP contribution in [0.3, 0.4) is 0 Å². The number of hydrogen-bond acceptors (Lipinski definition) is 17. The molecule has 0 aromatic heterocycles. The number of cyclic esters (lactones) is 1. The summed E-state index contributed by atoms with van der Waals surface area (Å²) in [6.07, 6.45) is -1.16. The molecule has 16 atom stereocenters. The van der Waals surface area contributed by atoms with E-state index >= 15 is 0 Å². The summed E-state index contributed by atoms with van der Waals surface area (Å²) in [6, 6.07) is -4.60. The Morgan fingerprint density at radius 3 is 1.58 bits per heavy atom. The predicted molar refractivity (Wildman–Crippen MR) is 360 cm³/mol. The second-order valence-corrected chi connectivity index (χ2v) is 25.4. The maximum Gasteiger partial charge on any atom is 0.329 e. The number of carbonyl (C=O) groups excluding carboxylic acids is 11. The van der Waals surface area contributed by atoms with E-state index in [0.717, 1.165) is 5.56 Å². The molecule has 96 heavy (non-hydrogen) atoms. The van der Waals surface area contributed by atoms with Gasteiger partial charge >= 0.3 is 11.9 Å². The van der Waals surface area contributed by atoms with Crippen molar-refractivity contribution in [2.45, 2.75) is 226 Å². The molecule has 0 aliphatic carbocycles. The van der Waals surface area contributed by atoms with Gasteiger partial charge in [0.15, 0.2) is 17.7 Å². The van der Waals surface area contributed by atoms with Crippen LogP contribution >= 0.6 is 0 Å². The zero-order valence-electron chi connectivity index (χ0n) is 57.9. The molecule has 1 saturated heterocycles. The largest absolute Gasteiger partial charge is 0.481 e. The molecule has 1 aromatic rings. The molecule has 2 rings (SSSR count). The van der Waals surface area contributed by atoms with Crippen LogP contribution in [-0.4, -0.2) is 186 Å². The van der Waals surface area contributed by atoms with E-state index in [9.17, 15) is 67.7 Å². The standard InChI is InChI=1S/C65H110N16O15/c1-13-35(7)49(78-57(89)44(70-12)31-40-22-18-17-19-23-40)60(92)74-42(25-21-29-72-65(68)69)55(87)73-43(26-27-48(84)85)56(88)77-51(37(9)15-3)62(94)79-50(36(8)14-2)61(93)76-46(33-82)59(91)81-53-39(11)96-63(95)52(38(10)16-4)80-58(90)45(30-34(5)6)75-54(86)41(32-47(53)83)24-20-28-71-64(66)67/h17-19,22-23,34-39,41-46,49-53,70,82H,13-16,20-21,24-33H2,1-12H3,(H,73,87)(H,74,92)(H,75,86)(H,76,93)(H,77,88)(H,78,89)(H,79,94)(H,80,90)(H,81,91)(H,84,85)(H4,66,67,71)(H4,68,69,72)/t35-,36-,37+,38-,39-,41+,42-,43+,44+,45-,46-,49-,50-,51+,52-,53+/m0/s1. The van der Waals surface area contributed by atoms with Crippen LogP contribution in [0.2, 0.25) is 0 Å². The van der Waals surface area contributed by atoms with Gasteiger partial charge in [-0.15, -0.1) is 0 Å². The summed E-state index contributed by atoms with van der Waals surface area (Å²) in [5.41, 5.74) is 23.0. The molecule has 0 bridgehead atoms. The molecule has 1 aromatic carbocycles. The molecular formula is C65H110N16O15. The van der Waals surface area contributed by atoms with Crippen LogP contribution in [0.5, 0.6) is 0 Å². The van der Waals surface area contributed by atoms with E-state index in [-0.39, 0.29) is 75.9 Å². The first-order valence-electron chi connectivity index (χ1n) is 33.4. The number of nitrogens with zero attached hydrogens (tertiary/aromatic N) is 2. The smallest absolute Gasteiger partial charge is 0.329 e. The van der Waals surface area contributed by atoms with Gasteiger partial charge in [0.05, 0.1) is 12.6 Å². The number of ether oxygens (including phenoxy) is 1. The molecule has 0 spiro atoms. The molecule has 20 N–H and O–H groups in total. The molecule has 0 unspecified atom stereocenters. The maximum absolute atomic E-state index is 14.6. The van der Waals surface area contributed by atoms with Crippen molar-refractivity contribution in [1.29, 1.82) is 0 Å². The lowest BCUT2D eigenvalue weighted by Crippen LogP contribution is -2.62. The van der Waals surface area contributed by atoms with Gasteiger partial charge in [0.1, 0.15) is 60.5 Å². The third-order valence-electron chi connectivity index (χ3n) is 17.3. The van der Waals surface area contributed by atoms with Crippen molar-refractivity contribution in [3.63, 3.8) is 0 Å². The monoisotopic (exact) mass is 1350 g/mol. The molecule has 31 heteroatoms. The number of amides is 9. The van der Waals surface area contributed by atoms with Gasteiger partial charge in [-0.1, -0.05) is 125 Å². The van der Waals surface area contributed by atoms with E-state index in [4.69, 9.17) is 27.7 Å². The van der Waals surface area contributed by atoms with Crippen LogP contribution in [-0.2, 0) is 68.7 Å². The van der Waals surface area contributed by atoms with Crippen LogP contribution in [0, 0.1) is 35.5 Å². The van der Waals surface area contributed by atoms with Crippen molar-refractivity contribution < 1.29 is 72.5 Å². The molecule has 31 nitrogen and oxygen atoms in total. The number of aliphatic carboxylic acids is 1. The molecule has 1 fully saturated rings. The molecule has 1 heterocycles. The number of ketones is 1. The lowest BCUT2D eigenvalue weighted by molar-refractivity contribution is -0.157. The van der Waals surface area contributed by atoms with E-state index in [0.29, 0.717) is 19.3 Å². The summed E-state index contributed by atoms with van der Waals surface area (Å²) in [7, 11) is 1.61. The number of carboxylic acids is 1. The minimum absolute atomic E-state index is 0.0180. The Bertz CT molecular complexity index is 2800. The molecule has 1 aliphatic rings. The lowest BCUT2D eigenvalue weighted by Gasteiger charge is -2.31. The number of esters is 1. The quantitative estimate of drug-likeness (QED) is 0.0161. The number of aliphatic hydroxyl groups is 1. The Kier molecular flexibility index (Phi) is 37.3. The number of rotatable bonds is 39. The Morgan fingerprint density at radius 1 is 0.615 bits per heavy atom. The summed E-state index contributed by atoms with van der Waals surface area (Å²) in [4.78, 5) is 177. The van der Waals surface area contributed by atoms with Crippen LogP contribution in [0.1, 0.15) is 159 Å². The van der Waals surface area contributed by atoms with Crippen LogP contribution in [0.15, 0.2) is 40.3 Å². The Hall–Kier alpha value is -8.48. The summed E-state index contributed by atoms with van der Waals surface area (Å²) in [5.74, 6) is -14.7. The fraction of sp³-hybridized carbons (Fsp3) is 0.692. The second-order valence-electron chi connectivity index (χ2n) is 25.4. The van der Waals surface area contributed by atoms with E-state index in [2.05, 4.69) is 63.2 Å². The number of hydrogen-bond donors (Lipinski definition) is 16. The summed E-state index contributed by atoms with van der Waals surface area (Å²) >= 11 is 0. The van der Waals surface area contributed by atoms with Crippen molar-refractivity contribution in [1.82, 2.24) is 53.2 Å². The number of guanidine groups is 2. The average molecular weight is 1360 g/mol. The van der Waals surface area contributed by atoms with Gasteiger partial charge in [-0.2, -0.15) is 0 Å². The van der Waals surface area contributed by atoms with Gasteiger partial charge in [0, 0.05) is 31.8 Å². The summed E-state index contributed by atoms with van der Waals surface area (Å²) in [5, 5.41) is 47.4. The number of aliphatic hydroxyl groups excluding tert-OH is 1. The van der Waals surface area contributed by atoms with Crippen LogP contribution in [0.4, 0.5) is 0 Å². The Balaban J connectivity index is 2.56. The first kappa shape index (κ1) is 83.6. The average Bonchev–Trinajstić information content (AvgIpc) is 1.28. The van der Waals surface area contributed by atoms with Gasteiger partial charge in [-0.25, -0.2) is 4.79 Å². The van der Waals surface area contributed by atoms with Gasteiger partial charge < -0.3 is 91.1 Å². The van der Waals surface area contributed by atoms with Crippen molar-refractivity contribution >= 4 is 82.8 Å². The number of nitrogens with one attached hydrogen (secondary N) is 10. The number of carbonyl (C=O) groups is 12. The minimum atomic E-state index is -1.83. The lowest BCUT2D eigenvalue weighted by atomic mass is 9.91. The predicted octanol–water partition coefficient (Wildman–Crippen LogP) is -1.10. The van der Waals surface area contributed by atoms with Gasteiger partial charge in [-0.05, 0) is 94.1 Å². The minimum Gasteiger partial charge on any atom is -0.481 e. The second kappa shape index (κ2) is 42.9. The van der Waals surface area contributed by atoms with Crippen molar-refractivity contribution in [3.8, 4) is 0 Å². The van der Waals surface area contributed by atoms with Crippen LogP contribution in [0.25, 0.3) is 0 Å². The maximum atomic E-state index is 14.6. The first-order chi connectivity index (χ1) is 45.3. The normalized spacial score (nSPS) is 20.3.